The molecule has 0 aliphatic carbocycles. The van der Waals surface area contributed by atoms with Gasteiger partial charge in [-0.1, -0.05) is 0 Å². The average Bonchev–Trinajstić information content (AvgIpc) is 2.65. The van der Waals surface area contributed by atoms with Crippen LogP contribution in [0.3, 0.4) is 0 Å². The van der Waals surface area contributed by atoms with Crippen LogP contribution in [-0.2, 0) is 4.79 Å². The molecule has 2 rings (SSSR count). The van der Waals surface area contributed by atoms with Crippen molar-refractivity contribution >= 4 is 5.91 Å². The number of nitrogens with one attached hydrogen (secondary N) is 1. The molecule has 80 valence electrons. The molecular weight excluding hydrogens is 180 g/mol. The molecule has 4 heteroatoms. The maximum atomic E-state index is 11.4. The molecule has 1 amide bonds. The fourth-order valence-electron chi connectivity index (χ4n) is 2.66. The quantitative estimate of drug-likeness (QED) is 0.602. The van der Waals surface area contributed by atoms with E-state index >= 15 is 0 Å². The number of likely N-dealkylation sites (tertiary alicyclic amines) is 1. The van der Waals surface area contributed by atoms with Gasteiger partial charge in [-0.15, -0.1) is 0 Å². The van der Waals surface area contributed by atoms with Crippen molar-refractivity contribution in [2.45, 2.75) is 19.3 Å². The number of amides is 1. The number of nitrogens with zero attached hydrogens (tertiary/aromatic N) is 1. The summed E-state index contributed by atoms with van der Waals surface area (Å²) in [5, 5.41) is 12.2. The predicted octanol–water partition coefficient (Wildman–Crippen LogP) is -0.419. The molecule has 0 saturated carbocycles. The fourth-order valence-corrected chi connectivity index (χ4v) is 2.66. The molecule has 2 fully saturated rings. The Balaban J connectivity index is 1.99. The molecule has 2 N–H and O–H groups in total. The van der Waals surface area contributed by atoms with Gasteiger partial charge in [0.2, 0.25) is 5.91 Å². The van der Waals surface area contributed by atoms with Crippen LogP contribution in [0.2, 0.25) is 0 Å². The Morgan fingerprint density at radius 1 is 1.50 bits per heavy atom. The summed E-state index contributed by atoms with van der Waals surface area (Å²) in [5.74, 6) is -0.115. The topological polar surface area (TPSA) is 52.6 Å². The SMILES string of the molecule is O=C(CO)N1CCCC2(CCNC2)C1. The third kappa shape index (κ3) is 1.77. The van der Waals surface area contributed by atoms with E-state index in [1.165, 1.54) is 12.8 Å². The van der Waals surface area contributed by atoms with Gasteiger partial charge in [0.15, 0.2) is 0 Å². The molecule has 1 unspecified atom stereocenters. The molecule has 0 radical (unpaired) electrons. The van der Waals surface area contributed by atoms with Crippen LogP contribution in [0.4, 0.5) is 0 Å². The molecule has 2 aliphatic heterocycles. The molecule has 2 heterocycles. The monoisotopic (exact) mass is 198 g/mol. The van der Waals surface area contributed by atoms with Crippen molar-refractivity contribution in [2.75, 3.05) is 32.8 Å². The van der Waals surface area contributed by atoms with E-state index in [1.54, 1.807) is 0 Å². The minimum absolute atomic E-state index is 0.115. The van der Waals surface area contributed by atoms with Crippen molar-refractivity contribution in [3.8, 4) is 0 Å². The number of carbonyl (C=O) groups excluding carboxylic acids is 1. The van der Waals surface area contributed by atoms with Gasteiger partial charge in [-0.3, -0.25) is 4.79 Å². The number of rotatable bonds is 1. The molecule has 0 aromatic heterocycles. The molecule has 1 atom stereocenters. The molecule has 1 spiro atoms. The number of hydrogen-bond donors (Lipinski definition) is 2. The minimum Gasteiger partial charge on any atom is -0.387 e. The highest BCUT2D eigenvalue weighted by molar-refractivity contribution is 5.77. The Hall–Kier alpha value is -0.610. The van der Waals surface area contributed by atoms with Gasteiger partial charge < -0.3 is 15.3 Å². The van der Waals surface area contributed by atoms with Crippen molar-refractivity contribution in [3.63, 3.8) is 0 Å². The van der Waals surface area contributed by atoms with Crippen LogP contribution in [-0.4, -0.2) is 48.7 Å². The Bertz CT molecular complexity index is 224. The molecular formula is C10H18N2O2. The van der Waals surface area contributed by atoms with Crippen molar-refractivity contribution in [1.82, 2.24) is 10.2 Å². The van der Waals surface area contributed by atoms with Gasteiger partial charge in [-0.2, -0.15) is 0 Å². The first kappa shape index (κ1) is 9.93. The molecule has 0 aromatic carbocycles. The van der Waals surface area contributed by atoms with Gasteiger partial charge in [-0.05, 0) is 25.8 Å². The first-order valence-electron chi connectivity index (χ1n) is 5.35. The molecule has 2 saturated heterocycles. The highest BCUT2D eigenvalue weighted by atomic mass is 16.3. The summed E-state index contributed by atoms with van der Waals surface area (Å²) in [6.45, 7) is 3.41. The van der Waals surface area contributed by atoms with Gasteiger partial charge in [0, 0.05) is 25.0 Å². The van der Waals surface area contributed by atoms with Gasteiger partial charge in [-0.25, -0.2) is 0 Å². The molecule has 4 nitrogen and oxygen atoms in total. The Kier molecular flexibility index (Phi) is 2.74. The number of piperidine rings is 1. The smallest absolute Gasteiger partial charge is 0.248 e. The molecule has 0 bridgehead atoms. The Labute approximate surface area is 84.3 Å². The number of hydrogen-bond acceptors (Lipinski definition) is 3. The van der Waals surface area contributed by atoms with Crippen LogP contribution < -0.4 is 5.32 Å². The second kappa shape index (κ2) is 3.87. The average molecular weight is 198 g/mol. The zero-order valence-corrected chi connectivity index (χ0v) is 8.46. The maximum Gasteiger partial charge on any atom is 0.248 e. The maximum absolute atomic E-state index is 11.4. The van der Waals surface area contributed by atoms with Crippen LogP contribution in [0.5, 0.6) is 0 Å². The predicted molar refractivity (Wildman–Crippen MR) is 52.8 cm³/mol. The van der Waals surface area contributed by atoms with Crippen LogP contribution in [0.1, 0.15) is 19.3 Å². The van der Waals surface area contributed by atoms with E-state index in [4.69, 9.17) is 5.11 Å². The molecule has 0 aromatic rings. The lowest BCUT2D eigenvalue weighted by atomic mass is 9.79. The summed E-state index contributed by atoms with van der Waals surface area (Å²) in [4.78, 5) is 13.2. The van der Waals surface area contributed by atoms with Crippen LogP contribution in [0, 0.1) is 5.41 Å². The van der Waals surface area contributed by atoms with E-state index in [9.17, 15) is 4.79 Å². The lowest BCUT2D eigenvalue weighted by Crippen LogP contribution is -2.47. The van der Waals surface area contributed by atoms with Crippen LogP contribution in [0.25, 0.3) is 0 Å². The normalized spacial score (nSPS) is 32.5. The second-order valence-electron chi connectivity index (χ2n) is 4.50. The Morgan fingerprint density at radius 3 is 3.00 bits per heavy atom. The zero-order valence-electron chi connectivity index (χ0n) is 8.46. The van der Waals surface area contributed by atoms with E-state index in [1.807, 2.05) is 4.90 Å². The first-order chi connectivity index (χ1) is 6.76. The highest BCUT2D eigenvalue weighted by Gasteiger charge is 2.38. The van der Waals surface area contributed by atoms with Crippen molar-refractivity contribution < 1.29 is 9.90 Å². The van der Waals surface area contributed by atoms with Crippen molar-refractivity contribution in [3.05, 3.63) is 0 Å². The number of aliphatic hydroxyl groups is 1. The van der Waals surface area contributed by atoms with Crippen molar-refractivity contribution in [1.29, 1.82) is 0 Å². The van der Waals surface area contributed by atoms with Gasteiger partial charge >= 0.3 is 0 Å². The number of aliphatic hydroxyl groups excluding tert-OH is 1. The van der Waals surface area contributed by atoms with Crippen LogP contribution >= 0.6 is 0 Å². The summed E-state index contributed by atoms with van der Waals surface area (Å²) < 4.78 is 0. The van der Waals surface area contributed by atoms with E-state index in [0.29, 0.717) is 5.41 Å². The Morgan fingerprint density at radius 2 is 2.36 bits per heavy atom. The van der Waals surface area contributed by atoms with Gasteiger partial charge in [0.25, 0.3) is 0 Å². The largest absolute Gasteiger partial charge is 0.387 e. The van der Waals surface area contributed by atoms with Gasteiger partial charge in [0.1, 0.15) is 6.61 Å². The standard InChI is InChI=1S/C10H18N2O2/c13-6-9(14)12-5-1-2-10(8-12)3-4-11-7-10/h11,13H,1-8H2. The third-order valence-corrected chi connectivity index (χ3v) is 3.48. The van der Waals surface area contributed by atoms with E-state index in [-0.39, 0.29) is 12.5 Å². The van der Waals surface area contributed by atoms with Crippen LogP contribution in [0.15, 0.2) is 0 Å². The van der Waals surface area contributed by atoms with E-state index in [0.717, 1.165) is 32.6 Å². The highest BCUT2D eigenvalue weighted by Crippen LogP contribution is 2.35. The summed E-state index contributed by atoms with van der Waals surface area (Å²) in [5.41, 5.74) is 0.309. The zero-order chi connectivity index (χ0) is 10.0. The fraction of sp³-hybridized carbons (Fsp3) is 0.900. The van der Waals surface area contributed by atoms with Gasteiger partial charge in [0.05, 0.1) is 0 Å². The van der Waals surface area contributed by atoms with E-state index in [2.05, 4.69) is 5.32 Å². The number of carbonyl (C=O) groups is 1. The third-order valence-electron chi connectivity index (χ3n) is 3.48. The summed E-state index contributed by atoms with van der Waals surface area (Å²) >= 11 is 0. The summed E-state index contributed by atoms with van der Waals surface area (Å²) in [6.07, 6.45) is 3.46. The van der Waals surface area contributed by atoms with Crippen molar-refractivity contribution in [2.24, 2.45) is 5.41 Å². The summed E-state index contributed by atoms with van der Waals surface area (Å²) in [7, 11) is 0. The summed E-state index contributed by atoms with van der Waals surface area (Å²) in [6, 6.07) is 0. The lowest BCUT2D eigenvalue weighted by molar-refractivity contribution is -0.137. The minimum atomic E-state index is -0.344. The lowest BCUT2D eigenvalue weighted by Gasteiger charge is -2.39. The molecule has 14 heavy (non-hydrogen) atoms. The molecule has 2 aliphatic rings. The van der Waals surface area contributed by atoms with E-state index < -0.39 is 0 Å². The second-order valence-corrected chi connectivity index (χ2v) is 4.50. The first-order valence-corrected chi connectivity index (χ1v) is 5.35.